The topological polar surface area (TPSA) is 55.4 Å². The normalized spacial score (nSPS) is 12.6. The summed E-state index contributed by atoms with van der Waals surface area (Å²) in [5, 5.41) is 2.84. The lowest BCUT2D eigenvalue weighted by molar-refractivity contribution is -0.118. The first kappa shape index (κ1) is 16.7. The number of carbonyl (C=O) groups is 2. The van der Waals surface area contributed by atoms with E-state index in [0.29, 0.717) is 11.3 Å². The number of hydrogen-bond donors (Lipinski definition) is 1. The monoisotopic (exact) mass is 387 g/mol. The van der Waals surface area contributed by atoms with Crippen molar-refractivity contribution in [1.29, 1.82) is 0 Å². The van der Waals surface area contributed by atoms with Gasteiger partial charge < -0.3 is 10.1 Å². The molecule has 0 radical (unpaired) electrons. The number of anilines is 1. The van der Waals surface area contributed by atoms with Crippen molar-refractivity contribution >= 4 is 33.3 Å². The van der Waals surface area contributed by atoms with Crippen LogP contribution in [0, 0.1) is 0 Å². The van der Waals surface area contributed by atoms with E-state index in [1.807, 2.05) is 12.1 Å². The number of hydrogen-bond acceptors (Lipinski definition) is 3. The summed E-state index contributed by atoms with van der Waals surface area (Å²) in [6, 6.07) is 11.2. The fourth-order valence-corrected chi connectivity index (χ4v) is 3.25. The van der Waals surface area contributed by atoms with Gasteiger partial charge in [0.1, 0.15) is 5.75 Å². The van der Waals surface area contributed by atoms with Crippen molar-refractivity contribution in [3.05, 3.63) is 57.6 Å². The standard InChI is InChI=1S/C19H18BrNO3/c1-12(22)17-10-15(20)6-8-18(17)24-11-19(23)21-16-7-5-13-3-2-4-14(13)9-16/h5-10H,2-4,11H2,1H3,(H,21,23). The lowest BCUT2D eigenvalue weighted by atomic mass is 10.1. The molecule has 0 unspecified atom stereocenters. The summed E-state index contributed by atoms with van der Waals surface area (Å²) < 4.78 is 6.32. The van der Waals surface area contributed by atoms with Crippen molar-refractivity contribution in [3.63, 3.8) is 0 Å². The Morgan fingerprint density at radius 1 is 1.12 bits per heavy atom. The lowest BCUT2D eigenvalue weighted by Gasteiger charge is -2.11. The highest BCUT2D eigenvalue weighted by Crippen LogP contribution is 2.25. The molecule has 0 fully saturated rings. The van der Waals surface area contributed by atoms with E-state index in [2.05, 4.69) is 27.3 Å². The van der Waals surface area contributed by atoms with Gasteiger partial charge in [-0.15, -0.1) is 0 Å². The summed E-state index contributed by atoms with van der Waals surface area (Å²) >= 11 is 3.33. The van der Waals surface area contributed by atoms with Crippen LogP contribution < -0.4 is 10.1 Å². The molecule has 0 spiro atoms. The minimum absolute atomic E-state index is 0.106. The molecule has 0 atom stereocenters. The molecule has 2 aromatic rings. The van der Waals surface area contributed by atoms with Crippen LogP contribution >= 0.6 is 15.9 Å². The number of ketones is 1. The number of nitrogens with one attached hydrogen (secondary N) is 1. The zero-order chi connectivity index (χ0) is 17.1. The molecule has 0 aromatic heterocycles. The van der Waals surface area contributed by atoms with Gasteiger partial charge in [0.2, 0.25) is 0 Å². The Kier molecular flexibility index (Phi) is 5.00. The Hall–Kier alpha value is -2.14. The van der Waals surface area contributed by atoms with Crippen molar-refractivity contribution in [3.8, 4) is 5.75 Å². The van der Waals surface area contributed by atoms with E-state index in [0.717, 1.165) is 23.0 Å². The highest BCUT2D eigenvalue weighted by atomic mass is 79.9. The van der Waals surface area contributed by atoms with Gasteiger partial charge in [-0.05, 0) is 67.6 Å². The molecule has 0 heterocycles. The summed E-state index contributed by atoms with van der Waals surface area (Å²) in [6.45, 7) is 1.33. The maximum Gasteiger partial charge on any atom is 0.262 e. The first-order valence-corrected chi connectivity index (χ1v) is 8.67. The second-order valence-electron chi connectivity index (χ2n) is 5.87. The number of amides is 1. The van der Waals surface area contributed by atoms with Crippen LogP contribution in [0.1, 0.15) is 34.8 Å². The molecule has 3 rings (SSSR count). The zero-order valence-electron chi connectivity index (χ0n) is 13.4. The maximum atomic E-state index is 12.1. The fraction of sp³-hybridized carbons (Fsp3) is 0.263. The van der Waals surface area contributed by atoms with Gasteiger partial charge in [0.05, 0.1) is 5.56 Å². The summed E-state index contributed by atoms with van der Waals surface area (Å²) in [7, 11) is 0. The quantitative estimate of drug-likeness (QED) is 0.783. The van der Waals surface area contributed by atoms with Gasteiger partial charge in [0, 0.05) is 10.2 Å². The number of Topliss-reactive ketones (excluding diaryl/α,β-unsaturated/α-hetero) is 1. The molecular formula is C19H18BrNO3. The van der Waals surface area contributed by atoms with Crippen LogP contribution in [-0.4, -0.2) is 18.3 Å². The molecule has 0 bridgehead atoms. The summed E-state index contributed by atoms with van der Waals surface area (Å²) in [5.41, 5.74) is 3.91. The van der Waals surface area contributed by atoms with Gasteiger partial charge in [-0.25, -0.2) is 0 Å². The van der Waals surface area contributed by atoms with Crippen molar-refractivity contribution in [2.24, 2.45) is 0 Å². The second-order valence-corrected chi connectivity index (χ2v) is 6.79. The molecule has 2 aromatic carbocycles. The third-order valence-electron chi connectivity index (χ3n) is 4.06. The van der Waals surface area contributed by atoms with Crippen LogP contribution in [0.3, 0.4) is 0 Å². The van der Waals surface area contributed by atoms with Gasteiger partial charge >= 0.3 is 0 Å². The summed E-state index contributed by atoms with van der Waals surface area (Å²) in [4.78, 5) is 23.8. The molecule has 124 valence electrons. The molecule has 1 N–H and O–H groups in total. The predicted octanol–water partition coefficient (Wildman–Crippen LogP) is 4.16. The van der Waals surface area contributed by atoms with Gasteiger partial charge in [-0.1, -0.05) is 22.0 Å². The number of aryl methyl sites for hydroxylation is 2. The number of ether oxygens (including phenoxy) is 1. The van der Waals surface area contributed by atoms with Crippen LogP contribution in [0.5, 0.6) is 5.75 Å². The average Bonchev–Trinajstić information content (AvgIpc) is 3.01. The number of benzene rings is 2. The molecule has 5 heteroatoms. The van der Waals surface area contributed by atoms with E-state index in [9.17, 15) is 9.59 Å². The van der Waals surface area contributed by atoms with E-state index in [-0.39, 0.29) is 18.3 Å². The molecule has 1 aliphatic carbocycles. The largest absolute Gasteiger partial charge is 0.483 e. The van der Waals surface area contributed by atoms with Gasteiger partial charge in [-0.2, -0.15) is 0 Å². The molecule has 24 heavy (non-hydrogen) atoms. The average molecular weight is 388 g/mol. The van der Waals surface area contributed by atoms with Crippen molar-refractivity contribution in [1.82, 2.24) is 0 Å². The minimum atomic E-state index is -0.245. The Bertz CT molecular complexity index is 801. The van der Waals surface area contributed by atoms with Gasteiger partial charge in [0.15, 0.2) is 12.4 Å². The second kappa shape index (κ2) is 7.18. The SMILES string of the molecule is CC(=O)c1cc(Br)ccc1OCC(=O)Nc1ccc2c(c1)CCC2. The van der Waals surface area contributed by atoms with Crippen LogP contribution in [-0.2, 0) is 17.6 Å². The smallest absolute Gasteiger partial charge is 0.262 e. The van der Waals surface area contributed by atoms with E-state index in [4.69, 9.17) is 4.74 Å². The van der Waals surface area contributed by atoms with Crippen LogP contribution in [0.4, 0.5) is 5.69 Å². The van der Waals surface area contributed by atoms with Crippen molar-refractivity contribution in [2.75, 3.05) is 11.9 Å². The Labute approximate surface area is 149 Å². The van der Waals surface area contributed by atoms with Crippen molar-refractivity contribution < 1.29 is 14.3 Å². The first-order chi connectivity index (χ1) is 11.5. The summed E-state index contributed by atoms with van der Waals surface area (Å²) in [5.74, 6) is 0.0606. The van der Waals surface area contributed by atoms with Crippen LogP contribution in [0.2, 0.25) is 0 Å². The number of rotatable bonds is 5. The van der Waals surface area contributed by atoms with Crippen molar-refractivity contribution in [2.45, 2.75) is 26.2 Å². The summed E-state index contributed by atoms with van der Waals surface area (Å²) in [6.07, 6.45) is 3.35. The van der Waals surface area contributed by atoms with E-state index < -0.39 is 0 Å². The molecule has 0 saturated heterocycles. The van der Waals surface area contributed by atoms with E-state index in [1.54, 1.807) is 18.2 Å². The molecular weight excluding hydrogens is 370 g/mol. The third-order valence-corrected chi connectivity index (χ3v) is 4.56. The third kappa shape index (κ3) is 3.85. The van der Waals surface area contributed by atoms with Gasteiger partial charge in [-0.3, -0.25) is 9.59 Å². The fourth-order valence-electron chi connectivity index (χ4n) is 2.89. The number of carbonyl (C=O) groups excluding carboxylic acids is 2. The number of halogens is 1. The number of fused-ring (bicyclic) bond motifs is 1. The van der Waals surface area contributed by atoms with Crippen LogP contribution in [0.15, 0.2) is 40.9 Å². The van der Waals surface area contributed by atoms with E-state index in [1.165, 1.54) is 24.5 Å². The Morgan fingerprint density at radius 2 is 1.92 bits per heavy atom. The predicted molar refractivity (Wildman–Crippen MR) is 96.7 cm³/mol. The maximum absolute atomic E-state index is 12.1. The lowest BCUT2D eigenvalue weighted by Crippen LogP contribution is -2.20. The molecule has 4 nitrogen and oxygen atoms in total. The highest BCUT2D eigenvalue weighted by Gasteiger charge is 2.13. The Morgan fingerprint density at radius 3 is 2.71 bits per heavy atom. The molecule has 1 aliphatic rings. The van der Waals surface area contributed by atoms with Gasteiger partial charge in [0.25, 0.3) is 5.91 Å². The minimum Gasteiger partial charge on any atom is -0.483 e. The molecule has 1 amide bonds. The molecule has 0 aliphatic heterocycles. The van der Waals surface area contributed by atoms with Crippen LogP contribution in [0.25, 0.3) is 0 Å². The van der Waals surface area contributed by atoms with E-state index >= 15 is 0 Å². The molecule has 0 saturated carbocycles. The Balaban J connectivity index is 1.63. The highest BCUT2D eigenvalue weighted by molar-refractivity contribution is 9.10. The first-order valence-electron chi connectivity index (χ1n) is 7.88. The zero-order valence-corrected chi connectivity index (χ0v) is 15.0.